The smallest absolute Gasteiger partial charge is 0.147 e. The molecule has 15 heavy (non-hydrogen) atoms. The number of halogens is 3. The molecule has 0 saturated heterocycles. The molecule has 0 saturated carbocycles. The molecule has 0 aliphatic heterocycles. The van der Waals surface area contributed by atoms with E-state index in [0.717, 1.165) is 25.0 Å². The molecule has 4 heteroatoms. The third-order valence-corrected chi connectivity index (χ3v) is 2.52. The number of hydrogen-bond donors (Lipinski definition) is 1. The van der Waals surface area contributed by atoms with E-state index in [1.54, 1.807) is 6.08 Å². The molecule has 1 aromatic rings. The number of anilines is 1. The van der Waals surface area contributed by atoms with E-state index in [0.29, 0.717) is 6.54 Å². The number of allylic oxidation sites excluding steroid dienone is 1. The Kier molecular flexibility index (Phi) is 4.75. The maximum Gasteiger partial charge on any atom is 0.147 e. The average Bonchev–Trinajstić information content (AvgIpc) is 2.20. The zero-order valence-corrected chi connectivity index (χ0v) is 9.78. The normalized spacial score (nSPS) is 10.1. The molecule has 0 aliphatic carbocycles. The minimum absolute atomic E-state index is 0.136. The first-order valence-electron chi connectivity index (χ1n) is 4.64. The van der Waals surface area contributed by atoms with E-state index in [1.807, 2.05) is 0 Å². The van der Waals surface area contributed by atoms with Gasteiger partial charge in [0.05, 0.1) is 10.2 Å². The lowest BCUT2D eigenvalue weighted by Crippen LogP contribution is -2.03. The van der Waals surface area contributed by atoms with Gasteiger partial charge < -0.3 is 5.32 Å². The Morgan fingerprint density at radius 2 is 2.07 bits per heavy atom. The predicted molar refractivity (Wildman–Crippen MR) is 62.0 cm³/mol. The molecule has 0 atom stereocenters. The highest BCUT2D eigenvalue weighted by Gasteiger charge is 2.07. The van der Waals surface area contributed by atoms with E-state index in [1.165, 1.54) is 0 Å². The summed E-state index contributed by atoms with van der Waals surface area (Å²) in [7, 11) is 0. The van der Waals surface area contributed by atoms with Gasteiger partial charge in [0.15, 0.2) is 0 Å². The van der Waals surface area contributed by atoms with Crippen LogP contribution in [0.1, 0.15) is 12.8 Å². The summed E-state index contributed by atoms with van der Waals surface area (Å²) in [5.74, 6) is -0.926. The molecule has 82 valence electrons. The number of unbranched alkanes of at least 4 members (excludes halogenated alkanes) is 1. The SMILES string of the molecule is C=CCCCNc1cc(F)c(Br)cc1F. The molecule has 0 radical (unpaired) electrons. The average molecular weight is 276 g/mol. The van der Waals surface area contributed by atoms with E-state index in [9.17, 15) is 8.78 Å². The summed E-state index contributed by atoms with van der Waals surface area (Å²) in [5, 5.41) is 2.83. The first-order chi connectivity index (χ1) is 7.15. The van der Waals surface area contributed by atoms with Gasteiger partial charge in [0.25, 0.3) is 0 Å². The van der Waals surface area contributed by atoms with Crippen LogP contribution in [0.3, 0.4) is 0 Å². The highest BCUT2D eigenvalue weighted by atomic mass is 79.9. The highest BCUT2D eigenvalue weighted by molar-refractivity contribution is 9.10. The summed E-state index contributed by atoms with van der Waals surface area (Å²) in [5.41, 5.74) is 0.194. The fraction of sp³-hybridized carbons (Fsp3) is 0.273. The zero-order chi connectivity index (χ0) is 11.3. The summed E-state index contributed by atoms with van der Waals surface area (Å²) in [6, 6.07) is 2.26. The second-order valence-electron chi connectivity index (χ2n) is 3.10. The fourth-order valence-electron chi connectivity index (χ4n) is 1.13. The summed E-state index contributed by atoms with van der Waals surface area (Å²) >= 11 is 2.92. The van der Waals surface area contributed by atoms with Crippen molar-refractivity contribution in [2.45, 2.75) is 12.8 Å². The van der Waals surface area contributed by atoms with Crippen molar-refractivity contribution in [2.24, 2.45) is 0 Å². The maximum atomic E-state index is 13.3. The van der Waals surface area contributed by atoms with Gasteiger partial charge in [0.1, 0.15) is 11.6 Å². The van der Waals surface area contributed by atoms with Crippen molar-refractivity contribution >= 4 is 21.6 Å². The summed E-state index contributed by atoms with van der Waals surface area (Å²) in [6.07, 6.45) is 3.49. The lowest BCUT2D eigenvalue weighted by molar-refractivity contribution is 0.596. The van der Waals surface area contributed by atoms with Gasteiger partial charge in [0, 0.05) is 12.6 Å². The molecule has 0 aliphatic rings. The van der Waals surface area contributed by atoms with Crippen LogP contribution in [-0.4, -0.2) is 6.54 Å². The molecule has 1 aromatic carbocycles. The molecule has 0 spiro atoms. The second kappa shape index (κ2) is 5.85. The van der Waals surface area contributed by atoms with Crippen molar-refractivity contribution in [1.29, 1.82) is 0 Å². The molecule has 1 nitrogen and oxygen atoms in total. The monoisotopic (exact) mass is 275 g/mol. The van der Waals surface area contributed by atoms with Crippen molar-refractivity contribution in [3.8, 4) is 0 Å². The van der Waals surface area contributed by atoms with Gasteiger partial charge >= 0.3 is 0 Å². The van der Waals surface area contributed by atoms with E-state index < -0.39 is 11.6 Å². The molecule has 1 N–H and O–H groups in total. The van der Waals surface area contributed by atoms with Crippen molar-refractivity contribution in [3.05, 3.63) is 40.9 Å². The molecule has 0 fully saturated rings. The third kappa shape index (κ3) is 3.63. The summed E-state index contributed by atoms with van der Waals surface area (Å²) in [4.78, 5) is 0. The van der Waals surface area contributed by atoms with E-state index >= 15 is 0 Å². The Hall–Kier alpha value is -0.900. The molecule has 0 amide bonds. The minimum atomic E-state index is -0.470. The van der Waals surface area contributed by atoms with E-state index in [2.05, 4.69) is 27.8 Å². The van der Waals surface area contributed by atoms with Crippen LogP contribution >= 0.6 is 15.9 Å². The molecule has 0 aromatic heterocycles. The second-order valence-corrected chi connectivity index (χ2v) is 3.96. The topological polar surface area (TPSA) is 12.0 Å². The zero-order valence-electron chi connectivity index (χ0n) is 8.19. The van der Waals surface area contributed by atoms with Gasteiger partial charge in [-0.05, 0) is 34.8 Å². The Morgan fingerprint density at radius 1 is 1.33 bits per heavy atom. The van der Waals surface area contributed by atoms with Crippen LogP contribution in [0.25, 0.3) is 0 Å². The third-order valence-electron chi connectivity index (χ3n) is 1.91. The first kappa shape index (κ1) is 12.2. The molecule has 0 unspecified atom stereocenters. The van der Waals surface area contributed by atoms with Crippen LogP contribution in [0, 0.1) is 11.6 Å². The van der Waals surface area contributed by atoms with Crippen LogP contribution in [0.4, 0.5) is 14.5 Å². The molecular formula is C11H12BrF2N. The van der Waals surface area contributed by atoms with Crippen LogP contribution in [0.2, 0.25) is 0 Å². The van der Waals surface area contributed by atoms with Crippen LogP contribution in [0.15, 0.2) is 29.3 Å². The molecule has 0 heterocycles. The Morgan fingerprint density at radius 3 is 2.73 bits per heavy atom. The Balaban J connectivity index is 2.61. The summed E-state index contributed by atoms with van der Waals surface area (Å²) < 4.78 is 26.5. The van der Waals surface area contributed by atoms with Gasteiger partial charge in [-0.25, -0.2) is 8.78 Å². The molecule has 0 bridgehead atoms. The van der Waals surface area contributed by atoms with Gasteiger partial charge in [-0.2, -0.15) is 0 Å². The van der Waals surface area contributed by atoms with Gasteiger partial charge in [0.2, 0.25) is 0 Å². The van der Waals surface area contributed by atoms with Crippen LogP contribution in [0.5, 0.6) is 0 Å². The summed E-state index contributed by atoms with van der Waals surface area (Å²) in [6.45, 7) is 4.18. The van der Waals surface area contributed by atoms with Crippen molar-refractivity contribution in [3.63, 3.8) is 0 Å². The first-order valence-corrected chi connectivity index (χ1v) is 5.43. The number of hydrogen-bond acceptors (Lipinski definition) is 1. The number of rotatable bonds is 5. The van der Waals surface area contributed by atoms with Crippen LogP contribution in [-0.2, 0) is 0 Å². The Labute approximate surface area is 96.3 Å². The highest BCUT2D eigenvalue weighted by Crippen LogP contribution is 2.23. The minimum Gasteiger partial charge on any atom is -0.383 e. The lowest BCUT2D eigenvalue weighted by atomic mass is 10.2. The molecule has 1 rings (SSSR count). The lowest BCUT2D eigenvalue weighted by Gasteiger charge is -2.07. The van der Waals surface area contributed by atoms with Crippen molar-refractivity contribution in [1.82, 2.24) is 0 Å². The van der Waals surface area contributed by atoms with Gasteiger partial charge in [-0.3, -0.25) is 0 Å². The van der Waals surface area contributed by atoms with Crippen molar-refractivity contribution in [2.75, 3.05) is 11.9 Å². The Bertz CT molecular complexity index is 353. The van der Waals surface area contributed by atoms with Gasteiger partial charge in [-0.1, -0.05) is 6.08 Å². The fourth-order valence-corrected chi connectivity index (χ4v) is 1.44. The quantitative estimate of drug-likeness (QED) is 0.485. The van der Waals surface area contributed by atoms with Crippen LogP contribution < -0.4 is 5.32 Å². The molecular weight excluding hydrogens is 264 g/mol. The van der Waals surface area contributed by atoms with E-state index in [4.69, 9.17) is 0 Å². The van der Waals surface area contributed by atoms with E-state index in [-0.39, 0.29) is 10.2 Å². The number of nitrogens with one attached hydrogen (secondary N) is 1. The predicted octanol–water partition coefficient (Wildman–Crippen LogP) is 4.11. The largest absolute Gasteiger partial charge is 0.383 e. The van der Waals surface area contributed by atoms with Crippen molar-refractivity contribution < 1.29 is 8.78 Å². The van der Waals surface area contributed by atoms with Gasteiger partial charge in [-0.15, -0.1) is 6.58 Å². The maximum absolute atomic E-state index is 13.3. The standard InChI is InChI=1S/C11H12BrF2N/c1-2-3-4-5-15-11-7-9(13)8(12)6-10(11)14/h2,6-7,15H,1,3-5H2. The number of benzene rings is 1.